The topological polar surface area (TPSA) is 27.6 Å². The van der Waals surface area contributed by atoms with Gasteiger partial charge in [0.2, 0.25) is 0 Å². The van der Waals surface area contributed by atoms with E-state index in [1.165, 1.54) is 6.07 Å². The molecular weight excluding hydrogens is 289 g/mol. The van der Waals surface area contributed by atoms with Gasteiger partial charge >= 0.3 is 0 Å². The second kappa shape index (κ2) is 7.27. The van der Waals surface area contributed by atoms with E-state index in [-0.39, 0.29) is 5.82 Å². The summed E-state index contributed by atoms with van der Waals surface area (Å²) < 4.78 is 14.4. The Morgan fingerprint density at radius 2 is 1.83 bits per heavy atom. The summed E-state index contributed by atoms with van der Waals surface area (Å²) in [5.74, 6) is -0.303. The van der Waals surface area contributed by atoms with Crippen molar-refractivity contribution < 1.29 is 4.39 Å². The maximum absolute atomic E-state index is 14.4. The monoisotopic (exact) mass is 313 g/mol. The number of rotatable bonds is 5. The lowest BCUT2D eigenvalue weighted by molar-refractivity contribution is 0.552. The summed E-state index contributed by atoms with van der Waals surface area (Å²) in [4.78, 5) is 6.29. The van der Waals surface area contributed by atoms with Gasteiger partial charge in [0.05, 0.1) is 17.7 Å². The predicted octanol–water partition coefficient (Wildman–Crippen LogP) is 5.11. The summed E-state index contributed by atoms with van der Waals surface area (Å²) in [6, 6.07) is 9.37. The molecule has 2 aromatic carbocycles. The van der Waals surface area contributed by atoms with Crippen molar-refractivity contribution in [2.45, 2.75) is 27.7 Å². The normalized spacial score (nSPS) is 11.0. The molecule has 2 rings (SSSR count). The van der Waals surface area contributed by atoms with E-state index in [2.05, 4.69) is 10.3 Å². The molecule has 0 aliphatic rings. The van der Waals surface area contributed by atoms with E-state index in [4.69, 9.17) is 0 Å². The fraction of sp³-hybridized carbons (Fsp3) is 0.316. The Morgan fingerprint density at radius 1 is 1.09 bits per heavy atom. The molecule has 0 saturated carbocycles. The van der Waals surface area contributed by atoms with Gasteiger partial charge < -0.3 is 10.2 Å². The van der Waals surface area contributed by atoms with Crippen LogP contribution in [0.2, 0.25) is 0 Å². The number of benzene rings is 2. The maximum Gasteiger partial charge on any atom is 0.148 e. The third-order valence-corrected chi connectivity index (χ3v) is 3.84. The van der Waals surface area contributed by atoms with Crippen molar-refractivity contribution in [2.75, 3.05) is 18.9 Å². The third kappa shape index (κ3) is 4.31. The lowest BCUT2D eigenvalue weighted by atomic mass is 10.1. The van der Waals surface area contributed by atoms with Crippen LogP contribution in [0.25, 0.3) is 0 Å². The highest BCUT2D eigenvalue weighted by Gasteiger charge is 2.08. The predicted molar refractivity (Wildman–Crippen MR) is 96.8 cm³/mol. The second-order valence-electron chi connectivity index (χ2n) is 5.88. The average molecular weight is 313 g/mol. The first-order valence-electron chi connectivity index (χ1n) is 7.79. The third-order valence-electron chi connectivity index (χ3n) is 3.84. The lowest BCUT2D eigenvalue weighted by Gasteiger charge is -2.13. The molecule has 0 spiro atoms. The van der Waals surface area contributed by atoms with Crippen molar-refractivity contribution in [1.29, 1.82) is 0 Å². The number of nitrogens with one attached hydrogen (secondary N) is 1. The average Bonchev–Trinajstić information content (AvgIpc) is 2.52. The summed E-state index contributed by atoms with van der Waals surface area (Å²) in [6.45, 7) is 8.86. The van der Waals surface area contributed by atoms with Crippen LogP contribution in [0.5, 0.6) is 0 Å². The molecule has 0 bridgehead atoms. The van der Waals surface area contributed by atoms with Gasteiger partial charge in [-0.05, 0) is 56.5 Å². The molecule has 23 heavy (non-hydrogen) atoms. The molecule has 0 atom stereocenters. The van der Waals surface area contributed by atoms with Crippen LogP contribution >= 0.6 is 0 Å². The minimum atomic E-state index is -0.303. The summed E-state index contributed by atoms with van der Waals surface area (Å²) in [7, 11) is 1.94. The molecule has 0 saturated heterocycles. The highest BCUT2D eigenvalue weighted by Crippen LogP contribution is 2.29. The fourth-order valence-corrected chi connectivity index (χ4v) is 2.16. The Kier molecular flexibility index (Phi) is 5.37. The fourth-order valence-electron chi connectivity index (χ4n) is 2.16. The van der Waals surface area contributed by atoms with Gasteiger partial charge in [-0.25, -0.2) is 9.38 Å². The number of hydrogen-bond acceptors (Lipinski definition) is 2. The van der Waals surface area contributed by atoms with Crippen molar-refractivity contribution in [2.24, 2.45) is 4.99 Å². The van der Waals surface area contributed by atoms with Gasteiger partial charge in [-0.2, -0.15) is 0 Å². The van der Waals surface area contributed by atoms with E-state index < -0.39 is 0 Å². The zero-order valence-electron chi connectivity index (χ0n) is 14.4. The van der Waals surface area contributed by atoms with Crippen LogP contribution in [0.1, 0.15) is 23.6 Å². The molecule has 122 valence electrons. The molecule has 0 amide bonds. The quantitative estimate of drug-likeness (QED) is 0.614. The highest BCUT2D eigenvalue weighted by molar-refractivity contribution is 5.69. The Hall–Kier alpha value is -2.36. The number of nitrogens with zero attached hydrogens (tertiary/aromatic N) is 2. The SMILES string of the molecule is CCN(C)C=Nc1cc(F)c(Nc2cc(C)ccc2C)cc1C. The van der Waals surface area contributed by atoms with Crippen LogP contribution in [0, 0.1) is 26.6 Å². The molecular formula is C19H24FN3. The van der Waals surface area contributed by atoms with Crippen LogP contribution in [0.3, 0.4) is 0 Å². The van der Waals surface area contributed by atoms with Gasteiger partial charge in [0.1, 0.15) is 5.82 Å². The Balaban J connectivity index is 2.29. The molecule has 2 aromatic rings. The minimum absolute atomic E-state index is 0.303. The number of aliphatic imine (C=N–C) groups is 1. The molecule has 0 unspecified atom stereocenters. The Bertz CT molecular complexity index is 723. The molecule has 0 radical (unpaired) electrons. The molecule has 4 heteroatoms. The number of aryl methyl sites for hydroxylation is 3. The molecule has 0 aromatic heterocycles. The van der Waals surface area contributed by atoms with E-state index in [9.17, 15) is 4.39 Å². The molecule has 0 aliphatic carbocycles. The van der Waals surface area contributed by atoms with E-state index in [0.29, 0.717) is 11.4 Å². The van der Waals surface area contributed by atoms with E-state index in [1.807, 2.05) is 57.8 Å². The van der Waals surface area contributed by atoms with Crippen molar-refractivity contribution in [3.05, 3.63) is 52.8 Å². The summed E-state index contributed by atoms with van der Waals surface area (Å²) in [6.07, 6.45) is 1.72. The molecule has 0 aliphatic heterocycles. The Labute approximate surface area is 137 Å². The Morgan fingerprint density at radius 3 is 2.52 bits per heavy atom. The first kappa shape index (κ1) is 17.0. The van der Waals surface area contributed by atoms with Gasteiger partial charge in [0, 0.05) is 25.3 Å². The largest absolute Gasteiger partial charge is 0.366 e. The van der Waals surface area contributed by atoms with Crippen molar-refractivity contribution in [1.82, 2.24) is 4.90 Å². The molecule has 1 N–H and O–H groups in total. The first-order chi connectivity index (χ1) is 10.9. The van der Waals surface area contributed by atoms with Crippen LogP contribution in [-0.2, 0) is 0 Å². The van der Waals surface area contributed by atoms with Crippen LogP contribution < -0.4 is 5.32 Å². The summed E-state index contributed by atoms with van der Waals surface area (Å²) in [5, 5.41) is 3.19. The second-order valence-corrected chi connectivity index (χ2v) is 5.88. The zero-order chi connectivity index (χ0) is 17.0. The van der Waals surface area contributed by atoms with Gasteiger partial charge in [0.15, 0.2) is 0 Å². The number of anilines is 2. The zero-order valence-corrected chi connectivity index (χ0v) is 14.4. The number of halogens is 1. The smallest absolute Gasteiger partial charge is 0.148 e. The van der Waals surface area contributed by atoms with Crippen molar-refractivity contribution in [3.63, 3.8) is 0 Å². The maximum atomic E-state index is 14.4. The first-order valence-corrected chi connectivity index (χ1v) is 7.79. The molecule has 0 heterocycles. The van der Waals surface area contributed by atoms with Crippen LogP contribution in [-0.4, -0.2) is 24.8 Å². The minimum Gasteiger partial charge on any atom is -0.366 e. The summed E-state index contributed by atoms with van der Waals surface area (Å²) in [5.41, 5.74) is 5.19. The van der Waals surface area contributed by atoms with Crippen molar-refractivity contribution >= 4 is 23.4 Å². The van der Waals surface area contributed by atoms with Crippen LogP contribution in [0.4, 0.5) is 21.5 Å². The highest BCUT2D eigenvalue weighted by atomic mass is 19.1. The van der Waals surface area contributed by atoms with Crippen molar-refractivity contribution in [3.8, 4) is 0 Å². The van der Waals surface area contributed by atoms with Gasteiger partial charge in [0.25, 0.3) is 0 Å². The van der Waals surface area contributed by atoms with E-state index in [1.54, 1.807) is 12.4 Å². The number of hydrogen-bond donors (Lipinski definition) is 1. The van der Waals surface area contributed by atoms with Gasteiger partial charge in [-0.3, -0.25) is 0 Å². The summed E-state index contributed by atoms with van der Waals surface area (Å²) >= 11 is 0. The van der Waals surface area contributed by atoms with Gasteiger partial charge in [-0.1, -0.05) is 12.1 Å². The standard InChI is InChI=1S/C19H24FN3/c1-6-23(5)12-21-17-11-16(20)19(10-15(17)4)22-18-9-13(2)7-8-14(18)3/h7-12,22H,6H2,1-5H3. The van der Waals surface area contributed by atoms with Crippen LogP contribution in [0.15, 0.2) is 35.3 Å². The molecule has 3 nitrogen and oxygen atoms in total. The van der Waals surface area contributed by atoms with E-state index >= 15 is 0 Å². The molecule has 0 fully saturated rings. The van der Waals surface area contributed by atoms with Gasteiger partial charge in [-0.15, -0.1) is 0 Å². The van der Waals surface area contributed by atoms with E-state index in [0.717, 1.165) is 28.9 Å². The lowest BCUT2D eigenvalue weighted by Crippen LogP contribution is -2.14.